The predicted octanol–water partition coefficient (Wildman–Crippen LogP) is 6.33. The lowest BCUT2D eigenvalue weighted by atomic mass is 9.78. The van der Waals surface area contributed by atoms with Crippen LogP contribution in [0.25, 0.3) is 11.3 Å². The topological polar surface area (TPSA) is 192 Å². The summed E-state index contributed by atoms with van der Waals surface area (Å²) in [5, 5.41) is 37.6. The number of benzene rings is 3. The van der Waals surface area contributed by atoms with Gasteiger partial charge in [-0.1, -0.05) is 60.2 Å². The van der Waals surface area contributed by atoms with Crippen LogP contribution in [0.1, 0.15) is 104 Å². The number of aliphatic hydroxyl groups excluding tert-OH is 2. The van der Waals surface area contributed by atoms with Crippen LogP contribution in [0, 0.1) is 0 Å². The number of aliphatic hydroxyl groups is 2. The molecule has 0 aliphatic carbocycles. The van der Waals surface area contributed by atoms with Crippen molar-refractivity contribution in [3.05, 3.63) is 129 Å². The number of carbonyl (C=O) groups is 4. The number of hydrogen-bond acceptors (Lipinski definition) is 13. The van der Waals surface area contributed by atoms with Gasteiger partial charge in [0, 0.05) is 65.8 Å². The average Bonchev–Trinajstić information content (AvgIpc) is 4.09. The van der Waals surface area contributed by atoms with E-state index < -0.39 is 53.6 Å². The molecule has 2 aromatic heterocycles. The Morgan fingerprint density at radius 2 is 1.69 bits per heavy atom. The summed E-state index contributed by atoms with van der Waals surface area (Å²) in [6.07, 6.45) is 1.71. The first kappa shape index (κ1) is 48.3. The molecule has 19 heteroatoms. The summed E-state index contributed by atoms with van der Waals surface area (Å²) >= 11 is 1.56. The molecule has 3 unspecified atom stereocenters. The van der Waals surface area contributed by atoms with Gasteiger partial charge in [-0.3, -0.25) is 34.1 Å². The number of ether oxygens (including phenoxy) is 1. The van der Waals surface area contributed by atoms with Gasteiger partial charge in [0.15, 0.2) is 5.78 Å². The summed E-state index contributed by atoms with van der Waals surface area (Å²) in [6.45, 7) is 3.62. The monoisotopic (exact) mass is 954 g/mol. The van der Waals surface area contributed by atoms with Gasteiger partial charge in [0.2, 0.25) is 0 Å². The SMILES string of the molecule is O=C(/C=C/C(F)(F)F)c1cccc(C(=O)NCC2(c3nc(-c4ccccc4)cs3)CCN(CCc3cn(CCCCCCOc4cccc5c4C(=O)N(C4CCC(O)NC4O)C5=O)nn3)CC2)c1. The molecule has 68 heavy (non-hydrogen) atoms. The summed E-state index contributed by atoms with van der Waals surface area (Å²) in [5.41, 5.74) is 2.85. The van der Waals surface area contributed by atoms with Crippen LogP contribution < -0.4 is 15.4 Å². The number of nitrogens with one attached hydrogen (secondary N) is 2. The molecule has 3 aliphatic rings. The number of ketones is 1. The van der Waals surface area contributed by atoms with Crippen molar-refractivity contribution >= 4 is 34.8 Å². The van der Waals surface area contributed by atoms with E-state index in [1.165, 1.54) is 24.3 Å². The second-order valence-corrected chi connectivity index (χ2v) is 18.3. The summed E-state index contributed by atoms with van der Waals surface area (Å²) in [6, 6.07) is 19.7. The molecule has 5 aromatic rings. The number of aromatic nitrogens is 4. The Labute approximate surface area is 395 Å². The van der Waals surface area contributed by atoms with Crippen molar-refractivity contribution in [2.24, 2.45) is 0 Å². The molecule has 0 bridgehead atoms. The van der Waals surface area contributed by atoms with E-state index in [-0.39, 0.29) is 41.3 Å². The lowest BCUT2D eigenvalue weighted by Gasteiger charge is -2.40. The van der Waals surface area contributed by atoms with E-state index >= 15 is 0 Å². The van der Waals surface area contributed by atoms with Crippen LogP contribution in [-0.4, -0.2) is 121 Å². The number of likely N-dealkylation sites (tertiary alicyclic amines) is 1. The third-order valence-electron chi connectivity index (χ3n) is 12.8. The van der Waals surface area contributed by atoms with Crippen LogP contribution in [0.3, 0.4) is 0 Å². The zero-order valence-corrected chi connectivity index (χ0v) is 38.1. The van der Waals surface area contributed by atoms with Gasteiger partial charge in [-0.05, 0) is 88.4 Å². The van der Waals surface area contributed by atoms with Crippen molar-refractivity contribution in [2.75, 3.05) is 32.8 Å². The van der Waals surface area contributed by atoms with E-state index in [2.05, 4.69) is 25.8 Å². The molecule has 4 N–H and O–H groups in total. The molecule has 5 heterocycles. The van der Waals surface area contributed by atoms with Crippen LogP contribution in [0.5, 0.6) is 5.75 Å². The number of thiazole rings is 1. The molecule has 8 rings (SSSR count). The van der Waals surface area contributed by atoms with E-state index in [1.54, 1.807) is 29.5 Å². The highest BCUT2D eigenvalue weighted by Crippen LogP contribution is 2.39. The maximum Gasteiger partial charge on any atom is 0.409 e. The first-order valence-electron chi connectivity index (χ1n) is 22.8. The quantitative estimate of drug-likeness (QED) is 0.0312. The predicted molar refractivity (Wildman–Crippen MR) is 246 cm³/mol. The number of imide groups is 1. The number of amides is 3. The fraction of sp³-hybridized carbons (Fsp3) is 0.408. The van der Waals surface area contributed by atoms with Crippen LogP contribution in [-0.2, 0) is 18.4 Å². The Bertz CT molecular complexity index is 2610. The number of unbranched alkanes of at least 4 members (excludes halogenated alkanes) is 3. The molecule has 3 amide bonds. The number of nitrogens with zero attached hydrogens (tertiary/aromatic N) is 6. The van der Waals surface area contributed by atoms with Crippen molar-refractivity contribution in [1.82, 2.24) is 40.4 Å². The number of fused-ring (bicyclic) bond motifs is 1. The van der Waals surface area contributed by atoms with Gasteiger partial charge in [0.1, 0.15) is 23.2 Å². The molecule has 0 radical (unpaired) electrons. The minimum atomic E-state index is -4.63. The molecule has 3 atom stereocenters. The first-order valence-corrected chi connectivity index (χ1v) is 23.7. The molecule has 2 fully saturated rings. The van der Waals surface area contributed by atoms with Crippen LogP contribution in [0.15, 0.2) is 96.5 Å². The highest BCUT2D eigenvalue weighted by atomic mass is 32.1. The van der Waals surface area contributed by atoms with Gasteiger partial charge < -0.3 is 25.2 Å². The molecule has 3 aromatic carbocycles. The largest absolute Gasteiger partial charge is 0.493 e. The zero-order chi connectivity index (χ0) is 47.8. The zero-order valence-electron chi connectivity index (χ0n) is 37.2. The lowest BCUT2D eigenvalue weighted by Crippen LogP contribution is -2.58. The smallest absolute Gasteiger partial charge is 0.409 e. The standard InChI is InChI=1S/C49H53F3N8O7S/c50-49(51,52)20-18-39(61)33-12-8-13-34(28-33)43(63)53-31-48(47-54-37(30-68-47)32-10-4-3-5-11-32)21-25-58(26-22-48)24-19-35-29-59(57-56-35)23-6-1-2-7-27-67-40-15-9-14-36-42(40)46(66)60(45(36)65)38-16-17-41(62)55-44(38)64/h3-5,8-15,18,20,28-30,38,41,44,55,62,64H,1-2,6-7,16-17,19,21-27,31H2,(H,53,63)/b20-18+. The van der Waals surface area contributed by atoms with Crippen molar-refractivity contribution in [1.29, 1.82) is 0 Å². The minimum absolute atomic E-state index is 0.0196. The summed E-state index contributed by atoms with van der Waals surface area (Å²) in [7, 11) is 0. The normalized spacial score (nSPS) is 19.7. The maximum absolute atomic E-state index is 13.5. The number of carbonyl (C=O) groups excluding carboxylic acids is 4. The number of allylic oxidation sites excluding steroid dienone is 2. The second-order valence-electron chi connectivity index (χ2n) is 17.4. The van der Waals surface area contributed by atoms with E-state index in [0.29, 0.717) is 50.7 Å². The fourth-order valence-corrected chi connectivity index (χ4v) is 10.0. The number of halogens is 3. The van der Waals surface area contributed by atoms with E-state index in [4.69, 9.17) is 9.72 Å². The van der Waals surface area contributed by atoms with E-state index in [0.717, 1.165) is 72.2 Å². The van der Waals surface area contributed by atoms with Crippen molar-refractivity contribution in [2.45, 2.75) is 94.4 Å². The van der Waals surface area contributed by atoms with Gasteiger partial charge >= 0.3 is 6.18 Å². The van der Waals surface area contributed by atoms with Gasteiger partial charge in [-0.25, -0.2) is 4.98 Å². The van der Waals surface area contributed by atoms with Crippen molar-refractivity contribution < 1.29 is 47.3 Å². The number of hydrogen-bond donors (Lipinski definition) is 4. The van der Waals surface area contributed by atoms with Crippen LogP contribution >= 0.6 is 11.3 Å². The molecule has 3 aliphatic heterocycles. The third kappa shape index (κ3) is 11.6. The highest BCUT2D eigenvalue weighted by Gasteiger charge is 2.46. The Kier molecular flexibility index (Phi) is 15.2. The first-order chi connectivity index (χ1) is 32.8. The third-order valence-corrected chi connectivity index (χ3v) is 13.9. The molecule has 358 valence electrons. The van der Waals surface area contributed by atoms with E-state index in [1.807, 2.05) is 46.6 Å². The van der Waals surface area contributed by atoms with Gasteiger partial charge in [-0.15, -0.1) is 16.4 Å². The number of rotatable bonds is 19. The molecular weight excluding hydrogens is 902 g/mol. The summed E-state index contributed by atoms with van der Waals surface area (Å²) < 4.78 is 45.9. The van der Waals surface area contributed by atoms with Crippen molar-refractivity contribution in [3.8, 4) is 17.0 Å². The number of piperidine rings is 2. The Balaban J connectivity index is 0.791. The Hall–Kier alpha value is -6.12. The van der Waals surface area contributed by atoms with Gasteiger partial charge in [0.05, 0.1) is 35.2 Å². The van der Waals surface area contributed by atoms with Crippen molar-refractivity contribution in [3.63, 3.8) is 0 Å². The Morgan fingerprint density at radius 3 is 2.47 bits per heavy atom. The fourth-order valence-electron chi connectivity index (χ4n) is 8.95. The second kappa shape index (κ2) is 21.5. The molecule has 0 spiro atoms. The summed E-state index contributed by atoms with van der Waals surface area (Å²) in [4.78, 5) is 61.0. The number of alkyl halides is 3. The molecular formula is C49H53F3N8O7S. The summed E-state index contributed by atoms with van der Waals surface area (Å²) in [5.74, 6) is -1.94. The highest BCUT2D eigenvalue weighted by molar-refractivity contribution is 7.10. The van der Waals surface area contributed by atoms with Gasteiger partial charge in [-0.2, -0.15) is 13.2 Å². The minimum Gasteiger partial charge on any atom is -0.493 e. The van der Waals surface area contributed by atoms with Crippen LogP contribution in [0.2, 0.25) is 0 Å². The Morgan fingerprint density at radius 1 is 0.926 bits per heavy atom. The van der Waals surface area contributed by atoms with Crippen LogP contribution in [0.4, 0.5) is 13.2 Å². The van der Waals surface area contributed by atoms with Gasteiger partial charge in [0.25, 0.3) is 17.7 Å². The molecule has 0 saturated carbocycles. The van der Waals surface area contributed by atoms with E-state index in [9.17, 15) is 42.6 Å². The maximum atomic E-state index is 13.5. The molecule has 2 saturated heterocycles. The molecule has 15 nitrogen and oxygen atoms in total. The lowest BCUT2D eigenvalue weighted by molar-refractivity contribution is -0.0799. The number of aryl methyl sites for hydroxylation is 1. The average molecular weight is 955 g/mol.